The number of alkyl carbamates (subject to hydrolysis) is 1. The number of ether oxygens (including phenoxy) is 1. The molecule has 1 fully saturated rings. The average molecular weight is 322 g/mol. The zero-order chi connectivity index (χ0) is 17.0. The molecule has 2 unspecified atom stereocenters. The van der Waals surface area contributed by atoms with E-state index in [0.717, 1.165) is 18.4 Å². The number of hydrogen-bond donors (Lipinski definition) is 2. The highest BCUT2D eigenvalue weighted by Crippen LogP contribution is 2.33. The summed E-state index contributed by atoms with van der Waals surface area (Å²) in [6.07, 6.45) is 1.91. The predicted octanol–water partition coefficient (Wildman–Crippen LogP) is 3.78. The van der Waals surface area contributed by atoms with E-state index < -0.39 is 11.7 Å². The van der Waals surface area contributed by atoms with Crippen molar-refractivity contribution in [2.75, 3.05) is 6.54 Å². The summed E-state index contributed by atoms with van der Waals surface area (Å²) in [7, 11) is 0. The van der Waals surface area contributed by atoms with E-state index in [1.54, 1.807) is 12.1 Å². The molecule has 1 aliphatic rings. The Balaban J connectivity index is 1.88. The van der Waals surface area contributed by atoms with Crippen LogP contribution >= 0.6 is 0 Å². The van der Waals surface area contributed by atoms with Gasteiger partial charge in [0, 0.05) is 18.6 Å². The first-order chi connectivity index (χ1) is 10.7. The van der Waals surface area contributed by atoms with E-state index in [1.807, 2.05) is 33.8 Å². The SMILES string of the molecule is CC(NC(CNC(=O)OC(C)(C)C)C1CC1)c1cccc(F)c1. The monoisotopic (exact) mass is 322 g/mol. The van der Waals surface area contributed by atoms with E-state index in [1.165, 1.54) is 6.07 Å². The summed E-state index contributed by atoms with van der Waals surface area (Å²) in [5.41, 5.74) is 0.412. The maximum absolute atomic E-state index is 13.3. The number of rotatable bonds is 6. The van der Waals surface area contributed by atoms with Crippen LogP contribution in [0.3, 0.4) is 0 Å². The van der Waals surface area contributed by atoms with Crippen LogP contribution in [0.15, 0.2) is 24.3 Å². The molecule has 1 aromatic carbocycles. The van der Waals surface area contributed by atoms with Gasteiger partial charge in [-0.2, -0.15) is 0 Å². The number of halogens is 1. The molecule has 0 aliphatic heterocycles. The molecule has 128 valence electrons. The van der Waals surface area contributed by atoms with Gasteiger partial charge in [0.25, 0.3) is 0 Å². The number of benzene rings is 1. The Bertz CT molecular complexity index is 538. The number of carbonyl (C=O) groups is 1. The third kappa shape index (κ3) is 6.18. The van der Waals surface area contributed by atoms with Crippen molar-refractivity contribution in [3.8, 4) is 0 Å². The lowest BCUT2D eigenvalue weighted by Crippen LogP contribution is -2.44. The van der Waals surface area contributed by atoms with Crippen molar-refractivity contribution in [2.24, 2.45) is 5.92 Å². The number of nitrogens with one attached hydrogen (secondary N) is 2. The van der Waals surface area contributed by atoms with Crippen molar-refractivity contribution in [2.45, 2.75) is 58.2 Å². The van der Waals surface area contributed by atoms with Gasteiger partial charge in [0.2, 0.25) is 0 Å². The van der Waals surface area contributed by atoms with Crippen LogP contribution in [0.5, 0.6) is 0 Å². The third-order valence-electron chi connectivity index (χ3n) is 3.87. The number of carbonyl (C=O) groups excluding carboxylic acids is 1. The Hall–Kier alpha value is -1.62. The highest BCUT2D eigenvalue weighted by molar-refractivity contribution is 5.67. The molecule has 5 heteroatoms. The van der Waals surface area contributed by atoms with Gasteiger partial charge in [0.1, 0.15) is 11.4 Å². The van der Waals surface area contributed by atoms with E-state index in [0.29, 0.717) is 12.5 Å². The molecule has 1 amide bonds. The van der Waals surface area contributed by atoms with Gasteiger partial charge in [-0.15, -0.1) is 0 Å². The van der Waals surface area contributed by atoms with E-state index in [-0.39, 0.29) is 17.9 Å². The zero-order valence-corrected chi connectivity index (χ0v) is 14.4. The fourth-order valence-corrected chi connectivity index (χ4v) is 2.56. The maximum Gasteiger partial charge on any atom is 0.407 e. The minimum atomic E-state index is -0.499. The van der Waals surface area contributed by atoms with Crippen molar-refractivity contribution >= 4 is 6.09 Å². The highest BCUT2D eigenvalue weighted by atomic mass is 19.1. The second-order valence-electron chi connectivity index (χ2n) is 7.27. The quantitative estimate of drug-likeness (QED) is 0.838. The Kier molecular flexibility index (Phi) is 5.63. The standard InChI is InChI=1S/C18H27FN2O2/c1-12(14-6-5-7-15(19)10-14)21-16(13-8-9-13)11-20-17(22)23-18(2,3)4/h5-7,10,12-13,16,21H,8-9,11H2,1-4H3,(H,20,22). The second kappa shape index (κ2) is 7.30. The van der Waals surface area contributed by atoms with Crippen LogP contribution in [-0.4, -0.2) is 24.3 Å². The summed E-state index contributed by atoms with van der Waals surface area (Å²) < 4.78 is 18.6. The van der Waals surface area contributed by atoms with Crippen molar-refractivity contribution in [1.29, 1.82) is 0 Å². The fraction of sp³-hybridized carbons (Fsp3) is 0.611. The summed E-state index contributed by atoms with van der Waals surface area (Å²) in [6, 6.07) is 6.80. The first-order valence-corrected chi connectivity index (χ1v) is 8.23. The highest BCUT2D eigenvalue weighted by Gasteiger charge is 2.32. The predicted molar refractivity (Wildman–Crippen MR) is 88.7 cm³/mol. The molecule has 2 N–H and O–H groups in total. The molecule has 23 heavy (non-hydrogen) atoms. The van der Waals surface area contributed by atoms with Crippen LogP contribution in [0.2, 0.25) is 0 Å². The van der Waals surface area contributed by atoms with Crippen LogP contribution in [0.4, 0.5) is 9.18 Å². The van der Waals surface area contributed by atoms with Crippen LogP contribution in [-0.2, 0) is 4.74 Å². The minimum Gasteiger partial charge on any atom is -0.444 e. The Morgan fingerprint density at radius 1 is 1.39 bits per heavy atom. The Morgan fingerprint density at radius 2 is 2.09 bits per heavy atom. The normalized spacial score (nSPS) is 17.4. The lowest BCUT2D eigenvalue weighted by molar-refractivity contribution is 0.0520. The molecular weight excluding hydrogens is 295 g/mol. The minimum absolute atomic E-state index is 0.0248. The summed E-state index contributed by atoms with van der Waals surface area (Å²) in [5, 5.41) is 6.33. The Labute approximate surface area is 137 Å². The maximum atomic E-state index is 13.3. The van der Waals surface area contributed by atoms with Gasteiger partial charge in [-0.3, -0.25) is 0 Å². The summed E-state index contributed by atoms with van der Waals surface area (Å²) in [5.74, 6) is 0.326. The lowest BCUT2D eigenvalue weighted by Gasteiger charge is -2.25. The van der Waals surface area contributed by atoms with E-state index in [2.05, 4.69) is 10.6 Å². The van der Waals surface area contributed by atoms with Gasteiger partial charge in [-0.25, -0.2) is 9.18 Å². The third-order valence-corrected chi connectivity index (χ3v) is 3.87. The molecule has 1 saturated carbocycles. The van der Waals surface area contributed by atoms with Crippen molar-refractivity contribution in [3.63, 3.8) is 0 Å². The summed E-state index contributed by atoms with van der Waals surface area (Å²) >= 11 is 0. The number of amides is 1. The van der Waals surface area contributed by atoms with Gasteiger partial charge in [-0.05, 0) is 64.2 Å². The molecule has 0 saturated heterocycles. The van der Waals surface area contributed by atoms with Gasteiger partial charge in [0.05, 0.1) is 0 Å². The second-order valence-corrected chi connectivity index (χ2v) is 7.27. The molecule has 0 bridgehead atoms. The van der Waals surface area contributed by atoms with Crippen molar-refractivity contribution in [3.05, 3.63) is 35.6 Å². The first-order valence-electron chi connectivity index (χ1n) is 8.23. The molecule has 1 aromatic rings. The van der Waals surface area contributed by atoms with Crippen LogP contribution in [0.25, 0.3) is 0 Å². The molecule has 0 aromatic heterocycles. The largest absolute Gasteiger partial charge is 0.444 e. The van der Waals surface area contributed by atoms with Gasteiger partial charge in [0.15, 0.2) is 0 Å². The smallest absolute Gasteiger partial charge is 0.407 e. The molecule has 1 aliphatic carbocycles. The van der Waals surface area contributed by atoms with Crippen molar-refractivity contribution < 1.29 is 13.9 Å². The van der Waals surface area contributed by atoms with Crippen LogP contribution in [0, 0.1) is 11.7 Å². The lowest BCUT2D eigenvalue weighted by atomic mass is 10.1. The topological polar surface area (TPSA) is 50.4 Å². The zero-order valence-electron chi connectivity index (χ0n) is 14.4. The fourth-order valence-electron chi connectivity index (χ4n) is 2.56. The summed E-state index contributed by atoms with van der Waals surface area (Å²) in [4.78, 5) is 11.8. The number of hydrogen-bond acceptors (Lipinski definition) is 3. The molecule has 4 nitrogen and oxygen atoms in total. The molecule has 2 rings (SSSR count). The van der Waals surface area contributed by atoms with E-state index in [4.69, 9.17) is 4.74 Å². The van der Waals surface area contributed by atoms with E-state index >= 15 is 0 Å². The van der Waals surface area contributed by atoms with E-state index in [9.17, 15) is 9.18 Å². The molecular formula is C18H27FN2O2. The molecule has 2 atom stereocenters. The van der Waals surface area contributed by atoms with Crippen LogP contribution < -0.4 is 10.6 Å². The molecule has 0 heterocycles. The van der Waals surface area contributed by atoms with Gasteiger partial charge < -0.3 is 15.4 Å². The van der Waals surface area contributed by atoms with Crippen LogP contribution in [0.1, 0.15) is 52.1 Å². The molecule has 0 radical (unpaired) electrons. The Morgan fingerprint density at radius 3 is 2.65 bits per heavy atom. The van der Waals surface area contributed by atoms with Crippen molar-refractivity contribution in [1.82, 2.24) is 10.6 Å². The summed E-state index contributed by atoms with van der Waals surface area (Å²) in [6.45, 7) is 8.05. The average Bonchev–Trinajstić information content (AvgIpc) is 3.25. The van der Waals surface area contributed by atoms with Gasteiger partial charge >= 0.3 is 6.09 Å². The van der Waals surface area contributed by atoms with Gasteiger partial charge in [-0.1, -0.05) is 12.1 Å². The first kappa shape index (κ1) is 17.7. The molecule has 0 spiro atoms.